The third kappa shape index (κ3) is 4.20. The molecular formula is C23H28N4O4. The van der Waals surface area contributed by atoms with E-state index in [1.807, 2.05) is 30.8 Å². The number of nitrogens with one attached hydrogen (secondary N) is 1. The molecule has 0 saturated heterocycles. The van der Waals surface area contributed by atoms with E-state index < -0.39 is 5.91 Å². The lowest BCUT2D eigenvalue weighted by Gasteiger charge is -2.25. The molecule has 1 aliphatic rings. The predicted molar refractivity (Wildman–Crippen MR) is 117 cm³/mol. The van der Waals surface area contributed by atoms with E-state index in [1.165, 1.54) is 13.2 Å². The number of hydrogen-bond acceptors (Lipinski definition) is 5. The Morgan fingerprint density at radius 2 is 2.03 bits per heavy atom. The summed E-state index contributed by atoms with van der Waals surface area (Å²) in [5.41, 5.74) is 1.81. The van der Waals surface area contributed by atoms with Gasteiger partial charge in [-0.3, -0.25) is 9.48 Å². The van der Waals surface area contributed by atoms with Gasteiger partial charge in [0.1, 0.15) is 5.75 Å². The molecule has 2 heterocycles. The van der Waals surface area contributed by atoms with Crippen LogP contribution in [0.3, 0.4) is 0 Å². The largest absolute Gasteiger partial charge is 0.618 e. The van der Waals surface area contributed by atoms with Gasteiger partial charge in [0.05, 0.1) is 30.5 Å². The van der Waals surface area contributed by atoms with E-state index in [2.05, 4.69) is 10.4 Å². The summed E-state index contributed by atoms with van der Waals surface area (Å²) in [7, 11) is 1.53. The van der Waals surface area contributed by atoms with Crippen LogP contribution >= 0.6 is 0 Å². The summed E-state index contributed by atoms with van der Waals surface area (Å²) in [4.78, 5) is 12.9. The Hall–Kier alpha value is -3.13. The molecule has 0 atom stereocenters. The van der Waals surface area contributed by atoms with Gasteiger partial charge in [-0.2, -0.15) is 9.83 Å². The van der Waals surface area contributed by atoms with Crippen LogP contribution in [0, 0.1) is 5.21 Å². The number of methoxy groups -OCH3 is 1. The number of ether oxygens (including phenoxy) is 1. The number of carbonyl (C=O) groups is 1. The first-order chi connectivity index (χ1) is 14.9. The number of aromatic nitrogens is 3. The SMILES string of the molecule is COc1cc2nn([C@H]3CC[C@H](O)CC3)cc2cc1NC(=O)c1cccc(C(C)C)[n+]1[O-]. The van der Waals surface area contributed by atoms with Crippen LogP contribution < -0.4 is 14.8 Å². The molecule has 2 aromatic heterocycles. The van der Waals surface area contributed by atoms with Crippen molar-refractivity contribution in [3.05, 3.63) is 53.1 Å². The Labute approximate surface area is 181 Å². The number of nitrogens with zero attached hydrogens (tertiary/aromatic N) is 3. The molecule has 31 heavy (non-hydrogen) atoms. The first kappa shape index (κ1) is 21.1. The molecule has 4 rings (SSSR count). The van der Waals surface area contributed by atoms with Crippen molar-refractivity contribution in [1.82, 2.24) is 9.78 Å². The second-order valence-electron chi connectivity index (χ2n) is 8.42. The van der Waals surface area contributed by atoms with Gasteiger partial charge in [0, 0.05) is 35.7 Å². The molecule has 0 radical (unpaired) electrons. The van der Waals surface area contributed by atoms with Crippen molar-refractivity contribution in [3.63, 3.8) is 0 Å². The molecule has 0 aliphatic heterocycles. The number of aliphatic hydroxyl groups excluding tert-OH is 1. The van der Waals surface area contributed by atoms with E-state index in [4.69, 9.17) is 4.74 Å². The van der Waals surface area contributed by atoms with Crippen LogP contribution in [0.25, 0.3) is 10.9 Å². The summed E-state index contributed by atoms with van der Waals surface area (Å²) < 4.78 is 8.09. The molecule has 8 heteroatoms. The minimum absolute atomic E-state index is 0.00266. The van der Waals surface area contributed by atoms with Gasteiger partial charge in [-0.15, -0.1) is 0 Å². The number of pyridine rings is 1. The highest BCUT2D eigenvalue weighted by molar-refractivity contribution is 6.04. The first-order valence-corrected chi connectivity index (χ1v) is 10.7. The summed E-state index contributed by atoms with van der Waals surface area (Å²) in [5.74, 6) is -0.0192. The maximum absolute atomic E-state index is 12.9. The second-order valence-corrected chi connectivity index (χ2v) is 8.42. The lowest BCUT2D eigenvalue weighted by atomic mass is 9.93. The molecule has 8 nitrogen and oxygen atoms in total. The summed E-state index contributed by atoms with van der Waals surface area (Å²) in [6.07, 6.45) is 5.05. The second kappa shape index (κ2) is 8.55. The number of rotatable bonds is 5. The molecule has 164 valence electrons. The minimum Gasteiger partial charge on any atom is -0.618 e. The number of benzene rings is 1. The molecule has 0 bridgehead atoms. The van der Waals surface area contributed by atoms with Crippen LogP contribution in [0.4, 0.5) is 5.69 Å². The zero-order valence-corrected chi connectivity index (χ0v) is 18.0. The molecule has 1 aliphatic carbocycles. The van der Waals surface area contributed by atoms with E-state index in [0.29, 0.717) is 21.9 Å². The molecule has 0 unspecified atom stereocenters. The predicted octanol–water partition coefficient (Wildman–Crippen LogP) is 3.53. The van der Waals surface area contributed by atoms with Gasteiger partial charge in [-0.25, -0.2) is 0 Å². The fraction of sp³-hybridized carbons (Fsp3) is 0.435. The molecular weight excluding hydrogens is 396 g/mol. The first-order valence-electron chi connectivity index (χ1n) is 10.7. The van der Waals surface area contributed by atoms with E-state index in [-0.39, 0.29) is 23.8 Å². The lowest BCUT2D eigenvalue weighted by molar-refractivity contribution is -0.617. The van der Waals surface area contributed by atoms with Crippen molar-refractivity contribution in [2.45, 2.75) is 57.6 Å². The van der Waals surface area contributed by atoms with Crippen molar-refractivity contribution in [1.29, 1.82) is 0 Å². The number of carbonyl (C=O) groups excluding carboxylic acids is 1. The Morgan fingerprint density at radius 1 is 1.29 bits per heavy atom. The van der Waals surface area contributed by atoms with Gasteiger partial charge in [-0.1, -0.05) is 13.8 Å². The quantitative estimate of drug-likeness (QED) is 0.482. The number of aliphatic hydroxyl groups is 1. The van der Waals surface area contributed by atoms with Crippen LogP contribution in [0.2, 0.25) is 0 Å². The highest BCUT2D eigenvalue weighted by Gasteiger charge is 2.24. The van der Waals surface area contributed by atoms with Crippen molar-refractivity contribution in [3.8, 4) is 5.75 Å². The van der Waals surface area contributed by atoms with Crippen molar-refractivity contribution in [2.75, 3.05) is 12.4 Å². The van der Waals surface area contributed by atoms with Crippen LogP contribution in [0.5, 0.6) is 5.75 Å². The van der Waals surface area contributed by atoms with Gasteiger partial charge < -0.3 is 20.4 Å². The molecule has 1 saturated carbocycles. The smallest absolute Gasteiger partial charge is 0.321 e. The Morgan fingerprint density at radius 3 is 2.71 bits per heavy atom. The van der Waals surface area contributed by atoms with E-state index in [0.717, 1.165) is 36.6 Å². The summed E-state index contributed by atoms with van der Waals surface area (Å²) >= 11 is 0. The van der Waals surface area contributed by atoms with Crippen molar-refractivity contribution in [2.24, 2.45) is 0 Å². The van der Waals surface area contributed by atoms with Crippen molar-refractivity contribution < 1.29 is 19.4 Å². The van der Waals surface area contributed by atoms with Crippen molar-refractivity contribution >= 4 is 22.5 Å². The van der Waals surface area contributed by atoms with E-state index >= 15 is 0 Å². The zero-order chi connectivity index (χ0) is 22.1. The van der Waals surface area contributed by atoms with Gasteiger partial charge >= 0.3 is 5.91 Å². The molecule has 1 aromatic carbocycles. The monoisotopic (exact) mass is 424 g/mol. The molecule has 1 amide bonds. The number of amides is 1. The zero-order valence-electron chi connectivity index (χ0n) is 18.0. The maximum Gasteiger partial charge on any atom is 0.321 e. The Balaban J connectivity index is 1.63. The lowest BCUT2D eigenvalue weighted by Crippen LogP contribution is -2.41. The number of hydrogen-bond donors (Lipinski definition) is 2. The van der Waals surface area contributed by atoms with E-state index in [9.17, 15) is 15.1 Å². The fourth-order valence-corrected chi connectivity index (χ4v) is 4.14. The molecule has 3 aromatic rings. The fourth-order valence-electron chi connectivity index (χ4n) is 4.14. The van der Waals surface area contributed by atoms with Gasteiger partial charge in [0.15, 0.2) is 5.69 Å². The number of anilines is 1. The van der Waals surface area contributed by atoms with E-state index in [1.54, 1.807) is 18.2 Å². The van der Waals surface area contributed by atoms with Crippen LogP contribution in [0.1, 0.15) is 67.7 Å². The highest BCUT2D eigenvalue weighted by Crippen LogP contribution is 2.33. The third-order valence-corrected chi connectivity index (χ3v) is 5.93. The topological polar surface area (TPSA) is 103 Å². The van der Waals surface area contributed by atoms with Crippen LogP contribution in [-0.2, 0) is 0 Å². The van der Waals surface area contributed by atoms with Gasteiger partial charge in [-0.05, 0) is 37.8 Å². The summed E-state index contributed by atoms with van der Waals surface area (Å²) in [5, 5.41) is 30.7. The minimum atomic E-state index is -0.496. The normalized spacial score (nSPS) is 19.0. The molecule has 2 N–H and O–H groups in total. The summed E-state index contributed by atoms with van der Waals surface area (Å²) in [6.45, 7) is 3.82. The molecule has 1 fully saturated rings. The van der Waals surface area contributed by atoms with Gasteiger partial charge in [0.2, 0.25) is 0 Å². The number of fused-ring (bicyclic) bond motifs is 1. The van der Waals surface area contributed by atoms with Crippen LogP contribution in [-0.4, -0.2) is 34.0 Å². The Bertz CT molecular complexity index is 1100. The standard InChI is InChI=1S/C23H28N4O4/c1-14(2)20-5-4-6-21(27(20)30)23(29)24-19-11-15-13-26(16-7-9-17(28)10-8-16)25-18(15)12-22(19)31-3/h4-6,11-14,16-17,28H,7-10H2,1-3H3,(H,24,29)/t16-,17-. The average molecular weight is 425 g/mol. The Kier molecular flexibility index (Phi) is 5.82. The highest BCUT2D eigenvalue weighted by atomic mass is 16.5. The van der Waals surface area contributed by atoms with Crippen LogP contribution in [0.15, 0.2) is 36.5 Å². The molecule has 0 spiro atoms. The maximum atomic E-state index is 12.9. The summed E-state index contributed by atoms with van der Waals surface area (Å²) in [6, 6.07) is 8.79. The van der Waals surface area contributed by atoms with Gasteiger partial charge in [0.25, 0.3) is 5.69 Å². The third-order valence-electron chi connectivity index (χ3n) is 5.93. The average Bonchev–Trinajstić information content (AvgIpc) is 3.16.